The third-order valence-electron chi connectivity index (χ3n) is 2.22. The number of benzene rings is 1. The second-order valence-corrected chi connectivity index (χ2v) is 5.08. The Labute approximate surface area is 111 Å². The summed E-state index contributed by atoms with van der Waals surface area (Å²) in [7, 11) is 1.35. The van der Waals surface area contributed by atoms with Crippen molar-refractivity contribution in [1.29, 1.82) is 0 Å². The molecule has 5 heteroatoms. The van der Waals surface area contributed by atoms with Gasteiger partial charge >= 0.3 is 5.97 Å². The van der Waals surface area contributed by atoms with E-state index in [2.05, 4.69) is 4.74 Å². The van der Waals surface area contributed by atoms with Gasteiger partial charge in [-0.3, -0.25) is 4.79 Å². The van der Waals surface area contributed by atoms with Crippen molar-refractivity contribution in [3.8, 4) is 5.75 Å². The quantitative estimate of drug-likeness (QED) is 0.789. The van der Waals surface area contributed by atoms with Gasteiger partial charge in [-0.15, -0.1) is 0 Å². The molecule has 94 valence electrons. The fraction of sp³-hybridized carbons (Fsp3) is 0.417. The molecule has 0 spiro atoms. The van der Waals surface area contributed by atoms with E-state index in [0.29, 0.717) is 15.8 Å². The van der Waals surface area contributed by atoms with Crippen LogP contribution in [0.3, 0.4) is 0 Å². The summed E-state index contributed by atoms with van der Waals surface area (Å²) in [5, 5.41) is 0.952. The molecule has 0 atom stereocenters. The Morgan fingerprint density at radius 2 is 2.00 bits per heavy atom. The van der Waals surface area contributed by atoms with E-state index in [1.807, 2.05) is 0 Å². The fourth-order valence-corrected chi connectivity index (χ4v) is 1.65. The zero-order chi connectivity index (χ0) is 13.1. The minimum absolute atomic E-state index is 0.182. The topological polar surface area (TPSA) is 35.5 Å². The summed E-state index contributed by atoms with van der Waals surface area (Å²) in [5.41, 5.74) is -0.724. The molecule has 0 aliphatic heterocycles. The van der Waals surface area contributed by atoms with Gasteiger partial charge in [0.25, 0.3) is 0 Å². The predicted octanol–water partition coefficient (Wildman–Crippen LogP) is 3.57. The summed E-state index contributed by atoms with van der Waals surface area (Å²) < 4.78 is 10.2. The van der Waals surface area contributed by atoms with Crippen LogP contribution < -0.4 is 4.74 Å². The molecule has 0 unspecified atom stereocenters. The highest BCUT2D eigenvalue weighted by atomic mass is 35.5. The van der Waals surface area contributed by atoms with Crippen molar-refractivity contribution in [3.63, 3.8) is 0 Å². The van der Waals surface area contributed by atoms with Crippen LogP contribution in [0.1, 0.15) is 13.8 Å². The Kier molecular flexibility index (Phi) is 4.66. The Morgan fingerprint density at radius 1 is 1.35 bits per heavy atom. The molecule has 0 N–H and O–H groups in total. The largest absolute Gasteiger partial charge is 0.491 e. The molecule has 0 saturated heterocycles. The molecule has 3 nitrogen and oxygen atoms in total. The van der Waals surface area contributed by atoms with Gasteiger partial charge < -0.3 is 9.47 Å². The molecule has 0 amide bonds. The van der Waals surface area contributed by atoms with Crippen LogP contribution in [0.5, 0.6) is 5.75 Å². The molecule has 17 heavy (non-hydrogen) atoms. The second-order valence-electron chi connectivity index (χ2n) is 4.24. The maximum atomic E-state index is 11.4. The molecule has 1 aromatic rings. The van der Waals surface area contributed by atoms with E-state index >= 15 is 0 Å². The lowest BCUT2D eigenvalue weighted by atomic mass is 9.95. The van der Waals surface area contributed by atoms with Crippen LogP contribution >= 0.6 is 23.2 Å². The molecular formula is C12H14Cl2O3. The van der Waals surface area contributed by atoms with Gasteiger partial charge in [0, 0.05) is 5.02 Å². The van der Waals surface area contributed by atoms with Crippen molar-refractivity contribution in [2.24, 2.45) is 5.41 Å². The summed E-state index contributed by atoms with van der Waals surface area (Å²) >= 11 is 11.7. The van der Waals surface area contributed by atoms with Crippen LogP contribution in [0.25, 0.3) is 0 Å². The van der Waals surface area contributed by atoms with Gasteiger partial charge in [0.2, 0.25) is 0 Å². The van der Waals surface area contributed by atoms with Gasteiger partial charge in [0.15, 0.2) is 0 Å². The molecule has 0 radical (unpaired) electrons. The molecule has 0 aromatic heterocycles. The lowest BCUT2D eigenvalue weighted by molar-refractivity contribution is -0.152. The number of ether oxygens (including phenoxy) is 2. The summed E-state index contributed by atoms with van der Waals surface area (Å²) in [5.74, 6) is 0.163. The van der Waals surface area contributed by atoms with Gasteiger partial charge in [0.05, 0.1) is 17.5 Å². The van der Waals surface area contributed by atoms with Gasteiger partial charge in [-0.2, -0.15) is 0 Å². The van der Waals surface area contributed by atoms with Crippen molar-refractivity contribution in [2.45, 2.75) is 13.8 Å². The molecule has 0 fully saturated rings. The predicted molar refractivity (Wildman–Crippen MR) is 67.8 cm³/mol. The zero-order valence-electron chi connectivity index (χ0n) is 9.92. The summed E-state index contributed by atoms with van der Waals surface area (Å²) in [4.78, 5) is 11.4. The Balaban J connectivity index is 2.70. The van der Waals surface area contributed by atoms with E-state index in [4.69, 9.17) is 27.9 Å². The first kappa shape index (κ1) is 14.1. The zero-order valence-corrected chi connectivity index (χ0v) is 11.4. The van der Waals surface area contributed by atoms with E-state index in [1.54, 1.807) is 32.0 Å². The number of hydrogen-bond donors (Lipinski definition) is 0. The number of esters is 1. The van der Waals surface area contributed by atoms with Crippen LogP contribution in [0.2, 0.25) is 10.0 Å². The molecular weight excluding hydrogens is 263 g/mol. The molecule has 0 bridgehead atoms. The fourth-order valence-electron chi connectivity index (χ4n) is 1.19. The Morgan fingerprint density at radius 3 is 2.53 bits per heavy atom. The van der Waals surface area contributed by atoms with Gasteiger partial charge in [0.1, 0.15) is 12.4 Å². The lowest BCUT2D eigenvalue weighted by Crippen LogP contribution is -2.32. The number of carbonyl (C=O) groups is 1. The van der Waals surface area contributed by atoms with Crippen molar-refractivity contribution in [3.05, 3.63) is 28.2 Å². The maximum absolute atomic E-state index is 11.4. The number of carbonyl (C=O) groups excluding carboxylic acids is 1. The molecule has 0 aliphatic rings. The van der Waals surface area contributed by atoms with Crippen LogP contribution in [-0.2, 0) is 9.53 Å². The van der Waals surface area contributed by atoms with Crippen LogP contribution in [0, 0.1) is 5.41 Å². The maximum Gasteiger partial charge on any atom is 0.314 e. The van der Waals surface area contributed by atoms with Crippen LogP contribution in [0.4, 0.5) is 0 Å². The minimum atomic E-state index is -0.724. The molecule has 0 heterocycles. The average Bonchev–Trinajstić information content (AvgIpc) is 2.26. The monoisotopic (exact) mass is 276 g/mol. The standard InChI is InChI=1S/C12H14Cl2O3/c1-12(2,11(15)16-3)7-17-10-5-4-8(13)6-9(10)14/h4-6H,7H2,1-3H3. The van der Waals surface area contributed by atoms with E-state index in [9.17, 15) is 4.79 Å². The third-order valence-corrected chi connectivity index (χ3v) is 2.75. The third kappa shape index (κ3) is 3.79. The van der Waals surface area contributed by atoms with Crippen molar-refractivity contribution in [2.75, 3.05) is 13.7 Å². The normalized spacial score (nSPS) is 11.1. The number of hydrogen-bond acceptors (Lipinski definition) is 3. The number of methoxy groups -OCH3 is 1. The molecule has 0 saturated carbocycles. The molecule has 1 rings (SSSR count). The lowest BCUT2D eigenvalue weighted by Gasteiger charge is -2.21. The van der Waals surface area contributed by atoms with E-state index in [1.165, 1.54) is 7.11 Å². The number of rotatable bonds is 4. The summed E-state index contributed by atoms with van der Waals surface area (Å²) in [6.45, 7) is 3.66. The number of halogens is 2. The first-order valence-corrected chi connectivity index (χ1v) is 5.78. The molecule has 0 aliphatic carbocycles. The first-order valence-electron chi connectivity index (χ1n) is 5.03. The minimum Gasteiger partial charge on any atom is -0.491 e. The average molecular weight is 277 g/mol. The van der Waals surface area contributed by atoms with Crippen molar-refractivity contribution >= 4 is 29.2 Å². The Hall–Kier alpha value is -0.930. The van der Waals surface area contributed by atoms with Gasteiger partial charge in [-0.1, -0.05) is 23.2 Å². The summed E-state index contributed by atoms with van der Waals surface area (Å²) in [6, 6.07) is 4.93. The van der Waals surface area contributed by atoms with Gasteiger partial charge in [-0.05, 0) is 32.0 Å². The van der Waals surface area contributed by atoms with Crippen LogP contribution in [-0.4, -0.2) is 19.7 Å². The highest BCUT2D eigenvalue weighted by molar-refractivity contribution is 6.35. The van der Waals surface area contributed by atoms with E-state index in [0.717, 1.165) is 0 Å². The van der Waals surface area contributed by atoms with E-state index < -0.39 is 5.41 Å². The van der Waals surface area contributed by atoms with Crippen LogP contribution in [0.15, 0.2) is 18.2 Å². The first-order chi connectivity index (χ1) is 7.86. The highest BCUT2D eigenvalue weighted by Crippen LogP contribution is 2.29. The highest BCUT2D eigenvalue weighted by Gasteiger charge is 2.29. The molecule has 1 aromatic carbocycles. The van der Waals surface area contributed by atoms with Gasteiger partial charge in [-0.25, -0.2) is 0 Å². The van der Waals surface area contributed by atoms with E-state index in [-0.39, 0.29) is 12.6 Å². The smallest absolute Gasteiger partial charge is 0.314 e. The Bertz CT molecular complexity index is 416. The van der Waals surface area contributed by atoms with Crippen molar-refractivity contribution in [1.82, 2.24) is 0 Å². The SMILES string of the molecule is COC(=O)C(C)(C)COc1ccc(Cl)cc1Cl. The second kappa shape index (κ2) is 5.61. The summed E-state index contributed by atoms with van der Waals surface area (Å²) in [6.07, 6.45) is 0. The van der Waals surface area contributed by atoms with Crippen molar-refractivity contribution < 1.29 is 14.3 Å².